The van der Waals surface area contributed by atoms with E-state index < -0.39 is 6.10 Å². The van der Waals surface area contributed by atoms with Gasteiger partial charge in [-0.3, -0.25) is 14.4 Å². The van der Waals surface area contributed by atoms with Crippen LogP contribution in [0.2, 0.25) is 0 Å². The highest BCUT2D eigenvalue weighted by atomic mass is 16.6. The molecule has 0 unspecified atom stereocenters. The molecule has 0 aliphatic carbocycles. The van der Waals surface area contributed by atoms with Gasteiger partial charge in [0.1, 0.15) is 13.2 Å². The smallest absolute Gasteiger partial charge is 0.306 e. The Balaban J connectivity index is 4.42. The summed E-state index contributed by atoms with van der Waals surface area (Å²) in [6, 6.07) is 0. The fourth-order valence-electron chi connectivity index (χ4n) is 8.07. The molecule has 0 amide bonds. The van der Waals surface area contributed by atoms with Gasteiger partial charge in [0, 0.05) is 19.3 Å². The van der Waals surface area contributed by atoms with Crippen LogP contribution in [-0.2, 0) is 28.6 Å². The van der Waals surface area contributed by atoms with Crippen LogP contribution >= 0.6 is 0 Å². The Bertz CT molecular complexity index is 1270. The lowest BCUT2D eigenvalue weighted by atomic mass is 10.0. The molecule has 0 N–H and O–H groups in total. The molecule has 68 heavy (non-hydrogen) atoms. The predicted molar refractivity (Wildman–Crippen MR) is 293 cm³/mol. The van der Waals surface area contributed by atoms with Crippen LogP contribution in [0.4, 0.5) is 0 Å². The first-order valence-corrected chi connectivity index (χ1v) is 28.9. The Labute approximate surface area is 421 Å². The Hall–Kier alpha value is -3.15. The predicted octanol–water partition coefficient (Wildman–Crippen LogP) is 19.4. The number of carbonyl (C=O) groups is 3. The second kappa shape index (κ2) is 56.4. The zero-order valence-electron chi connectivity index (χ0n) is 44.9. The van der Waals surface area contributed by atoms with Crippen LogP contribution in [0.5, 0.6) is 0 Å². The molecule has 1 atom stereocenters. The molecule has 0 radical (unpaired) electrons. The van der Waals surface area contributed by atoms with E-state index in [4.69, 9.17) is 14.2 Å². The summed E-state index contributed by atoms with van der Waals surface area (Å²) in [6.45, 7) is 6.56. The standard InChI is InChI=1S/C62H108O6/c1-4-7-10-13-16-19-22-25-27-29-31-33-35-37-40-42-45-48-51-54-60(63)66-57-59(68-62(65)56-53-50-47-44-39-24-21-18-15-12-9-6-3)58-67-61(64)55-52-49-46-43-41-38-36-34-32-30-28-26-23-20-17-14-11-8-5-2/h16,19,25-28,31,33,37,40,45,48,59H,4-15,17-18,20-24,29-30,32,34-36,38-39,41-44,46-47,49-58H2,1-3H3/b19-16-,27-25-,28-26-,33-31-,40-37-,48-45-/t59-/m1/s1. The Morgan fingerprint density at radius 1 is 0.294 bits per heavy atom. The summed E-state index contributed by atoms with van der Waals surface area (Å²) < 4.78 is 16.8. The average Bonchev–Trinajstić information content (AvgIpc) is 3.34. The summed E-state index contributed by atoms with van der Waals surface area (Å²) in [5.41, 5.74) is 0. The van der Waals surface area contributed by atoms with Gasteiger partial charge in [-0.1, -0.05) is 254 Å². The van der Waals surface area contributed by atoms with Gasteiger partial charge in [0.05, 0.1) is 0 Å². The third-order valence-electron chi connectivity index (χ3n) is 12.4. The van der Waals surface area contributed by atoms with E-state index in [9.17, 15) is 14.4 Å². The molecule has 0 aromatic carbocycles. The number of esters is 3. The van der Waals surface area contributed by atoms with Gasteiger partial charge in [-0.2, -0.15) is 0 Å². The fourth-order valence-corrected chi connectivity index (χ4v) is 8.07. The fraction of sp³-hybridized carbons (Fsp3) is 0.758. The highest BCUT2D eigenvalue weighted by Gasteiger charge is 2.19. The van der Waals surface area contributed by atoms with Gasteiger partial charge in [-0.15, -0.1) is 0 Å². The van der Waals surface area contributed by atoms with E-state index in [1.807, 2.05) is 6.08 Å². The van der Waals surface area contributed by atoms with Crippen molar-refractivity contribution in [2.24, 2.45) is 0 Å². The largest absolute Gasteiger partial charge is 0.462 e. The van der Waals surface area contributed by atoms with Gasteiger partial charge >= 0.3 is 17.9 Å². The van der Waals surface area contributed by atoms with E-state index in [0.717, 1.165) is 64.2 Å². The van der Waals surface area contributed by atoms with E-state index in [0.29, 0.717) is 19.3 Å². The molecule has 0 rings (SSSR count). The van der Waals surface area contributed by atoms with Crippen LogP contribution in [0.15, 0.2) is 72.9 Å². The normalized spacial score (nSPS) is 12.6. The zero-order chi connectivity index (χ0) is 49.3. The van der Waals surface area contributed by atoms with Crippen molar-refractivity contribution in [3.05, 3.63) is 72.9 Å². The number of hydrogen-bond acceptors (Lipinski definition) is 6. The molecule has 0 fully saturated rings. The van der Waals surface area contributed by atoms with E-state index in [1.54, 1.807) is 0 Å². The maximum absolute atomic E-state index is 12.8. The lowest BCUT2D eigenvalue weighted by Gasteiger charge is -2.18. The number of rotatable bonds is 52. The third-order valence-corrected chi connectivity index (χ3v) is 12.4. The second-order valence-electron chi connectivity index (χ2n) is 19.2. The number of hydrogen-bond donors (Lipinski definition) is 0. The first-order chi connectivity index (χ1) is 33.5. The highest BCUT2D eigenvalue weighted by molar-refractivity contribution is 5.71. The lowest BCUT2D eigenvalue weighted by Crippen LogP contribution is -2.30. The van der Waals surface area contributed by atoms with Gasteiger partial charge in [0.2, 0.25) is 0 Å². The van der Waals surface area contributed by atoms with Crippen LogP contribution in [0.25, 0.3) is 0 Å². The van der Waals surface area contributed by atoms with Crippen molar-refractivity contribution in [1.82, 2.24) is 0 Å². The molecule has 0 saturated heterocycles. The number of carbonyl (C=O) groups excluding carboxylic acids is 3. The molecule has 0 spiro atoms. The molecule has 392 valence electrons. The second-order valence-corrected chi connectivity index (χ2v) is 19.2. The molecule has 0 heterocycles. The minimum absolute atomic E-state index is 0.0970. The van der Waals surface area contributed by atoms with E-state index >= 15 is 0 Å². The summed E-state index contributed by atoms with van der Waals surface area (Å²) in [4.78, 5) is 38.1. The molecule has 0 bridgehead atoms. The zero-order valence-corrected chi connectivity index (χ0v) is 44.9. The highest BCUT2D eigenvalue weighted by Crippen LogP contribution is 2.15. The van der Waals surface area contributed by atoms with Crippen LogP contribution in [0, 0.1) is 0 Å². The topological polar surface area (TPSA) is 78.9 Å². The van der Waals surface area contributed by atoms with Gasteiger partial charge in [0.25, 0.3) is 0 Å². The first-order valence-electron chi connectivity index (χ1n) is 28.9. The molecule has 6 nitrogen and oxygen atoms in total. The average molecular weight is 950 g/mol. The van der Waals surface area contributed by atoms with Crippen molar-refractivity contribution >= 4 is 17.9 Å². The molecule has 6 heteroatoms. The van der Waals surface area contributed by atoms with Crippen LogP contribution in [0.1, 0.15) is 284 Å². The van der Waals surface area contributed by atoms with Crippen LogP contribution in [-0.4, -0.2) is 37.2 Å². The monoisotopic (exact) mass is 949 g/mol. The summed E-state index contributed by atoms with van der Waals surface area (Å²) >= 11 is 0. The molecule has 0 saturated carbocycles. The van der Waals surface area contributed by atoms with E-state index in [-0.39, 0.29) is 37.5 Å². The van der Waals surface area contributed by atoms with Crippen molar-refractivity contribution in [2.75, 3.05) is 13.2 Å². The SMILES string of the molecule is CCCCC/C=C\C/C=C\C/C=C\C/C=C\C/C=C\CCC(=O)OC[C@H](COC(=O)CCCCCCCCCCC/C=C\CCCCCCCC)OC(=O)CCCCCCCCCCCCCC. The summed E-state index contributed by atoms with van der Waals surface area (Å²) in [5.74, 6) is -0.977. The Morgan fingerprint density at radius 2 is 0.559 bits per heavy atom. The number of unbranched alkanes of at least 4 members (excludes halogenated alkanes) is 29. The van der Waals surface area contributed by atoms with Crippen molar-refractivity contribution in [3.63, 3.8) is 0 Å². The van der Waals surface area contributed by atoms with Crippen molar-refractivity contribution in [2.45, 2.75) is 290 Å². The molecule has 0 aliphatic rings. The van der Waals surface area contributed by atoms with Crippen molar-refractivity contribution < 1.29 is 28.6 Å². The van der Waals surface area contributed by atoms with Gasteiger partial charge in [-0.25, -0.2) is 0 Å². The van der Waals surface area contributed by atoms with Crippen LogP contribution < -0.4 is 0 Å². The minimum Gasteiger partial charge on any atom is -0.462 e. The molecule has 0 aromatic rings. The van der Waals surface area contributed by atoms with Gasteiger partial charge in [0.15, 0.2) is 6.10 Å². The van der Waals surface area contributed by atoms with Crippen molar-refractivity contribution in [1.29, 1.82) is 0 Å². The lowest BCUT2D eigenvalue weighted by molar-refractivity contribution is -0.166. The molecular weight excluding hydrogens is 841 g/mol. The molecular formula is C62H108O6. The number of allylic oxidation sites excluding steroid dienone is 12. The summed E-state index contributed by atoms with van der Waals surface area (Å²) in [6.07, 6.45) is 71.9. The maximum Gasteiger partial charge on any atom is 0.306 e. The minimum atomic E-state index is -0.804. The molecule has 0 aromatic heterocycles. The quantitative estimate of drug-likeness (QED) is 0.0262. The van der Waals surface area contributed by atoms with E-state index in [1.165, 1.54) is 173 Å². The summed E-state index contributed by atoms with van der Waals surface area (Å²) in [5, 5.41) is 0. The summed E-state index contributed by atoms with van der Waals surface area (Å²) in [7, 11) is 0. The Morgan fingerprint density at radius 3 is 0.956 bits per heavy atom. The third kappa shape index (κ3) is 53.8. The Kier molecular flexibility index (Phi) is 53.8. The molecule has 0 aliphatic heterocycles. The van der Waals surface area contributed by atoms with Gasteiger partial charge < -0.3 is 14.2 Å². The van der Waals surface area contributed by atoms with Crippen LogP contribution in [0.3, 0.4) is 0 Å². The van der Waals surface area contributed by atoms with E-state index in [2.05, 4.69) is 87.6 Å². The first kappa shape index (κ1) is 64.8. The maximum atomic E-state index is 12.8. The number of ether oxygens (including phenoxy) is 3. The van der Waals surface area contributed by atoms with Gasteiger partial charge in [-0.05, 0) is 83.5 Å². The van der Waals surface area contributed by atoms with Crippen molar-refractivity contribution in [3.8, 4) is 0 Å².